The Morgan fingerprint density at radius 2 is 2.29 bits per heavy atom. The van der Waals surface area contributed by atoms with Gasteiger partial charge in [0, 0.05) is 37.6 Å². The SMILES string of the molecule is CNCc1cc(N(C)Cc2ccoc2)ccn1. The molecule has 0 spiro atoms. The second-order valence-corrected chi connectivity index (χ2v) is 4.02. The third-order valence-corrected chi connectivity index (χ3v) is 2.60. The quantitative estimate of drug-likeness (QED) is 0.855. The molecular formula is C13H17N3O. The highest BCUT2D eigenvalue weighted by Gasteiger charge is 2.04. The molecule has 4 heteroatoms. The second kappa shape index (κ2) is 5.50. The third kappa shape index (κ3) is 3.07. The fraction of sp³-hybridized carbons (Fsp3) is 0.308. The van der Waals surface area contributed by atoms with Crippen LogP contribution in [0.25, 0.3) is 0 Å². The molecule has 0 aliphatic heterocycles. The number of pyridine rings is 1. The van der Waals surface area contributed by atoms with Gasteiger partial charge in [0.25, 0.3) is 0 Å². The minimum absolute atomic E-state index is 0.785. The van der Waals surface area contributed by atoms with Gasteiger partial charge >= 0.3 is 0 Å². The molecule has 2 aromatic heterocycles. The van der Waals surface area contributed by atoms with Gasteiger partial charge in [0.15, 0.2) is 0 Å². The summed E-state index contributed by atoms with van der Waals surface area (Å²) in [5.74, 6) is 0. The Morgan fingerprint density at radius 1 is 1.41 bits per heavy atom. The van der Waals surface area contributed by atoms with Crippen LogP contribution in [0.15, 0.2) is 41.3 Å². The van der Waals surface area contributed by atoms with Gasteiger partial charge in [0.05, 0.1) is 18.2 Å². The molecule has 2 aromatic rings. The van der Waals surface area contributed by atoms with Crippen molar-refractivity contribution in [3.8, 4) is 0 Å². The van der Waals surface area contributed by atoms with Crippen LogP contribution < -0.4 is 10.2 Å². The van der Waals surface area contributed by atoms with E-state index >= 15 is 0 Å². The summed E-state index contributed by atoms with van der Waals surface area (Å²) in [6.45, 7) is 1.62. The van der Waals surface area contributed by atoms with Crippen molar-refractivity contribution in [3.63, 3.8) is 0 Å². The highest BCUT2D eigenvalue weighted by Crippen LogP contribution is 2.16. The topological polar surface area (TPSA) is 41.3 Å². The Morgan fingerprint density at radius 3 is 3.00 bits per heavy atom. The normalized spacial score (nSPS) is 10.5. The molecule has 0 fully saturated rings. The van der Waals surface area contributed by atoms with Crippen molar-refractivity contribution in [1.29, 1.82) is 0 Å². The molecule has 2 rings (SSSR count). The fourth-order valence-electron chi connectivity index (χ4n) is 1.73. The molecule has 0 radical (unpaired) electrons. The monoisotopic (exact) mass is 231 g/mol. The number of hydrogen-bond donors (Lipinski definition) is 1. The van der Waals surface area contributed by atoms with E-state index in [1.54, 1.807) is 12.5 Å². The molecule has 2 heterocycles. The Kier molecular flexibility index (Phi) is 3.77. The van der Waals surface area contributed by atoms with Crippen LogP contribution in [-0.2, 0) is 13.1 Å². The summed E-state index contributed by atoms with van der Waals surface area (Å²) in [5.41, 5.74) is 3.37. The van der Waals surface area contributed by atoms with Gasteiger partial charge in [-0.15, -0.1) is 0 Å². The Hall–Kier alpha value is -1.81. The van der Waals surface area contributed by atoms with Crippen molar-refractivity contribution in [2.45, 2.75) is 13.1 Å². The van der Waals surface area contributed by atoms with Crippen LogP contribution in [0.4, 0.5) is 5.69 Å². The van der Waals surface area contributed by atoms with Crippen molar-refractivity contribution in [2.24, 2.45) is 0 Å². The second-order valence-electron chi connectivity index (χ2n) is 4.02. The zero-order valence-electron chi connectivity index (χ0n) is 10.2. The predicted octanol–water partition coefficient (Wildman–Crippen LogP) is 2.03. The summed E-state index contributed by atoms with van der Waals surface area (Å²) in [6.07, 6.45) is 5.31. The summed E-state index contributed by atoms with van der Waals surface area (Å²) < 4.78 is 5.06. The first-order chi connectivity index (χ1) is 8.29. The lowest BCUT2D eigenvalue weighted by molar-refractivity contribution is 0.563. The number of rotatable bonds is 5. The van der Waals surface area contributed by atoms with Crippen LogP contribution in [-0.4, -0.2) is 19.1 Å². The zero-order valence-corrected chi connectivity index (χ0v) is 10.2. The summed E-state index contributed by atoms with van der Waals surface area (Å²) in [7, 11) is 3.98. The maximum atomic E-state index is 5.06. The average molecular weight is 231 g/mol. The Balaban J connectivity index is 2.07. The van der Waals surface area contributed by atoms with Gasteiger partial charge < -0.3 is 14.6 Å². The van der Waals surface area contributed by atoms with Gasteiger partial charge in [-0.2, -0.15) is 0 Å². The van der Waals surface area contributed by atoms with E-state index < -0.39 is 0 Å². The van der Waals surface area contributed by atoms with E-state index in [0.717, 1.165) is 24.5 Å². The summed E-state index contributed by atoms with van der Waals surface area (Å²) in [5, 5.41) is 3.10. The predicted molar refractivity (Wildman–Crippen MR) is 67.8 cm³/mol. The van der Waals surface area contributed by atoms with E-state index in [4.69, 9.17) is 4.42 Å². The van der Waals surface area contributed by atoms with Crippen LogP contribution in [0.2, 0.25) is 0 Å². The van der Waals surface area contributed by atoms with Gasteiger partial charge in [-0.25, -0.2) is 0 Å². The molecule has 0 aromatic carbocycles. The Bertz CT molecular complexity index is 453. The van der Waals surface area contributed by atoms with Gasteiger partial charge in [0.1, 0.15) is 0 Å². The maximum absolute atomic E-state index is 5.06. The first-order valence-electron chi connectivity index (χ1n) is 5.61. The average Bonchev–Trinajstić information content (AvgIpc) is 2.83. The molecule has 4 nitrogen and oxygen atoms in total. The lowest BCUT2D eigenvalue weighted by Crippen LogP contribution is -2.17. The zero-order chi connectivity index (χ0) is 12.1. The smallest absolute Gasteiger partial charge is 0.0952 e. The number of furan rings is 1. The summed E-state index contributed by atoms with van der Waals surface area (Å²) in [4.78, 5) is 6.47. The molecule has 90 valence electrons. The highest BCUT2D eigenvalue weighted by atomic mass is 16.3. The van der Waals surface area contributed by atoms with E-state index in [0.29, 0.717) is 0 Å². The van der Waals surface area contributed by atoms with Gasteiger partial charge in [0.2, 0.25) is 0 Å². The molecular weight excluding hydrogens is 214 g/mol. The minimum Gasteiger partial charge on any atom is -0.472 e. The molecule has 0 bridgehead atoms. The molecule has 0 amide bonds. The van der Waals surface area contributed by atoms with Crippen LogP contribution >= 0.6 is 0 Å². The largest absolute Gasteiger partial charge is 0.472 e. The molecule has 0 atom stereocenters. The number of nitrogens with one attached hydrogen (secondary N) is 1. The molecule has 0 aliphatic carbocycles. The number of aromatic nitrogens is 1. The van der Waals surface area contributed by atoms with E-state index in [9.17, 15) is 0 Å². The van der Waals surface area contributed by atoms with E-state index in [2.05, 4.69) is 28.3 Å². The number of anilines is 1. The van der Waals surface area contributed by atoms with E-state index in [1.165, 1.54) is 5.56 Å². The van der Waals surface area contributed by atoms with Crippen molar-refractivity contribution in [1.82, 2.24) is 10.3 Å². The summed E-state index contributed by atoms with van der Waals surface area (Å²) in [6, 6.07) is 6.09. The van der Waals surface area contributed by atoms with E-state index in [1.807, 2.05) is 25.4 Å². The number of hydrogen-bond acceptors (Lipinski definition) is 4. The van der Waals surface area contributed by atoms with E-state index in [-0.39, 0.29) is 0 Å². The molecule has 1 N–H and O–H groups in total. The maximum Gasteiger partial charge on any atom is 0.0952 e. The van der Waals surface area contributed by atoms with Crippen LogP contribution in [0.5, 0.6) is 0 Å². The lowest BCUT2D eigenvalue weighted by atomic mass is 10.2. The summed E-state index contributed by atoms with van der Waals surface area (Å²) >= 11 is 0. The van der Waals surface area contributed by atoms with Gasteiger partial charge in [-0.05, 0) is 25.2 Å². The van der Waals surface area contributed by atoms with Crippen molar-refractivity contribution < 1.29 is 4.42 Å². The molecule has 0 saturated carbocycles. The molecule has 0 aliphatic rings. The van der Waals surface area contributed by atoms with Crippen LogP contribution in [0.3, 0.4) is 0 Å². The van der Waals surface area contributed by atoms with Crippen LogP contribution in [0.1, 0.15) is 11.3 Å². The molecule has 17 heavy (non-hydrogen) atoms. The lowest BCUT2D eigenvalue weighted by Gasteiger charge is -2.18. The van der Waals surface area contributed by atoms with Crippen molar-refractivity contribution in [2.75, 3.05) is 19.0 Å². The first-order valence-corrected chi connectivity index (χ1v) is 5.61. The van der Waals surface area contributed by atoms with Crippen LogP contribution in [0, 0.1) is 0 Å². The standard InChI is InChI=1S/C13H17N3O/c1-14-8-12-7-13(3-5-15-12)16(2)9-11-4-6-17-10-11/h3-7,10,14H,8-9H2,1-2H3. The van der Waals surface area contributed by atoms with Gasteiger partial charge in [-0.1, -0.05) is 0 Å². The number of nitrogens with zero attached hydrogens (tertiary/aromatic N) is 2. The van der Waals surface area contributed by atoms with Gasteiger partial charge in [-0.3, -0.25) is 4.98 Å². The first kappa shape index (κ1) is 11.7. The highest BCUT2D eigenvalue weighted by molar-refractivity contribution is 5.46. The van der Waals surface area contributed by atoms with Crippen molar-refractivity contribution >= 4 is 5.69 Å². The van der Waals surface area contributed by atoms with Crippen molar-refractivity contribution in [3.05, 3.63) is 48.2 Å². The minimum atomic E-state index is 0.785. The molecule has 0 saturated heterocycles. The Labute approximate surface area is 101 Å². The third-order valence-electron chi connectivity index (χ3n) is 2.60. The fourth-order valence-corrected chi connectivity index (χ4v) is 1.73. The molecule has 0 unspecified atom stereocenters.